The van der Waals surface area contributed by atoms with Gasteiger partial charge in [-0.15, -0.1) is 0 Å². The lowest BCUT2D eigenvalue weighted by atomic mass is 10.3. The minimum atomic E-state index is -3.27. The van der Waals surface area contributed by atoms with Crippen LogP contribution in [0.2, 0.25) is 0 Å². The van der Waals surface area contributed by atoms with E-state index in [0.29, 0.717) is 23.9 Å². The monoisotopic (exact) mass is 312 g/mol. The van der Waals surface area contributed by atoms with E-state index < -0.39 is 10.0 Å². The number of anilines is 1. The summed E-state index contributed by atoms with van der Waals surface area (Å²) in [6.07, 6.45) is 2.28. The largest absolute Gasteiger partial charge is 0.492 e. The fraction of sp³-hybridized carbons (Fsp3) is 0.600. The van der Waals surface area contributed by atoms with E-state index in [4.69, 9.17) is 10.5 Å². The van der Waals surface area contributed by atoms with E-state index in [9.17, 15) is 8.42 Å². The molecule has 1 aromatic carbocycles. The van der Waals surface area contributed by atoms with Crippen LogP contribution in [0.3, 0.4) is 0 Å². The number of nitrogens with zero attached hydrogens (tertiary/aromatic N) is 1. The normalized spacial score (nSPS) is 15.6. The molecule has 1 aliphatic rings. The smallest absolute Gasteiger partial charge is 0.217 e. The Kier molecular flexibility index (Phi) is 5.11. The number of rotatable bonds is 8. The first kappa shape index (κ1) is 16.1. The van der Waals surface area contributed by atoms with Crippen molar-refractivity contribution in [2.75, 3.05) is 24.6 Å². The van der Waals surface area contributed by atoms with Crippen LogP contribution in [0.5, 0.6) is 5.75 Å². The Morgan fingerprint density at radius 2 is 1.90 bits per heavy atom. The molecular formula is C15H24N2O3S. The third-order valence-corrected chi connectivity index (χ3v) is 5.53. The van der Waals surface area contributed by atoms with Gasteiger partial charge in [-0.1, -0.05) is 0 Å². The molecule has 0 atom stereocenters. The summed E-state index contributed by atoms with van der Waals surface area (Å²) in [4.78, 5) is 0. The Morgan fingerprint density at radius 1 is 1.29 bits per heavy atom. The van der Waals surface area contributed by atoms with Crippen LogP contribution in [0.4, 0.5) is 5.69 Å². The molecule has 118 valence electrons. The number of nitrogens with two attached hydrogens (primary N) is 1. The zero-order chi connectivity index (χ0) is 15.5. The highest BCUT2D eigenvalue weighted by molar-refractivity contribution is 7.89. The maximum Gasteiger partial charge on any atom is 0.217 e. The number of sulfonamides is 1. The highest BCUT2D eigenvalue weighted by Gasteiger charge is 2.32. The minimum absolute atomic E-state index is 0.00226. The Labute approximate surface area is 127 Å². The van der Waals surface area contributed by atoms with Gasteiger partial charge in [-0.05, 0) is 56.9 Å². The average molecular weight is 312 g/mol. The summed E-state index contributed by atoms with van der Waals surface area (Å²) in [6, 6.07) is 6.94. The van der Waals surface area contributed by atoms with Crippen LogP contribution < -0.4 is 10.5 Å². The second kappa shape index (κ2) is 6.66. The zero-order valence-corrected chi connectivity index (χ0v) is 13.5. The molecule has 0 spiro atoms. The Morgan fingerprint density at radius 3 is 2.43 bits per heavy atom. The number of hydrogen-bond acceptors (Lipinski definition) is 4. The van der Waals surface area contributed by atoms with Crippen molar-refractivity contribution in [1.82, 2.24) is 4.31 Å². The first-order valence-corrected chi connectivity index (χ1v) is 8.97. The van der Waals surface area contributed by atoms with E-state index in [2.05, 4.69) is 0 Å². The van der Waals surface area contributed by atoms with Crippen LogP contribution in [0, 0.1) is 5.92 Å². The van der Waals surface area contributed by atoms with Crippen molar-refractivity contribution in [3.05, 3.63) is 24.3 Å². The molecule has 1 aromatic rings. The van der Waals surface area contributed by atoms with Gasteiger partial charge in [0.05, 0.1) is 5.75 Å². The summed E-state index contributed by atoms with van der Waals surface area (Å²) >= 11 is 0. The fourth-order valence-electron chi connectivity index (χ4n) is 2.15. The van der Waals surface area contributed by atoms with Crippen LogP contribution in [-0.4, -0.2) is 37.7 Å². The second-order valence-corrected chi connectivity index (χ2v) is 7.88. The number of nitrogen functional groups attached to an aromatic ring is 1. The maximum atomic E-state index is 12.4. The van der Waals surface area contributed by atoms with E-state index in [1.54, 1.807) is 28.6 Å². The topological polar surface area (TPSA) is 72.6 Å². The molecule has 5 nitrogen and oxygen atoms in total. The van der Waals surface area contributed by atoms with Crippen molar-refractivity contribution in [1.29, 1.82) is 0 Å². The van der Waals surface area contributed by atoms with E-state index in [-0.39, 0.29) is 18.4 Å². The van der Waals surface area contributed by atoms with Gasteiger partial charge in [0.25, 0.3) is 0 Å². The molecule has 0 saturated heterocycles. The Bertz CT molecular complexity index is 551. The van der Waals surface area contributed by atoms with Gasteiger partial charge in [0.2, 0.25) is 10.0 Å². The summed E-state index contributed by atoms with van der Waals surface area (Å²) in [5.74, 6) is 1.18. The second-order valence-electron chi connectivity index (χ2n) is 5.84. The number of ether oxygens (including phenoxy) is 1. The molecule has 0 aromatic heterocycles. The van der Waals surface area contributed by atoms with Crippen LogP contribution in [0.15, 0.2) is 24.3 Å². The Hall–Kier alpha value is -1.27. The van der Waals surface area contributed by atoms with E-state index in [1.165, 1.54) is 0 Å². The third-order valence-electron chi connectivity index (χ3n) is 3.56. The van der Waals surface area contributed by atoms with E-state index in [1.807, 2.05) is 13.8 Å². The molecular weight excluding hydrogens is 288 g/mol. The highest BCUT2D eigenvalue weighted by atomic mass is 32.2. The molecule has 2 N–H and O–H groups in total. The van der Waals surface area contributed by atoms with Crippen LogP contribution in [-0.2, 0) is 10.0 Å². The maximum absolute atomic E-state index is 12.4. The molecule has 6 heteroatoms. The first-order valence-electron chi connectivity index (χ1n) is 7.36. The lowest BCUT2D eigenvalue weighted by molar-refractivity contribution is 0.318. The molecule has 0 unspecified atom stereocenters. The molecule has 1 aliphatic carbocycles. The SMILES string of the molecule is CC(C)N(CC1CC1)S(=O)(=O)CCOc1ccc(N)cc1. The molecule has 0 aliphatic heterocycles. The molecule has 0 heterocycles. The molecule has 0 radical (unpaired) electrons. The predicted molar refractivity (Wildman–Crippen MR) is 84.7 cm³/mol. The van der Waals surface area contributed by atoms with Gasteiger partial charge < -0.3 is 10.5 Å². The van der Waals surface area contributed by atoms with Gasteiger partial charge in [0, 0.05) is 18.3 Å². The van der Waals surface area contributed by atoms with Gasteiger partial charge >= 0.3 is 0 Å². The van der Waals surface area contributed by atoms with Gasteiger partial charge in [0.15, 0.2) is 0 Å². The average Bonchev–Trinajstić information content (AvgIpc) is 3.21. The van der Waals surface area contributed by atoms with Gasteiger partial charge in [-0.2, -0.15) is 4.31 Å². The number of benzene rings is 1. The summed E-state index contributed by atoms with van der Waals surface area (Å²) in [7, 11) is -3.27. The van der Waals surface area contributed by atoms with Crippen molar-refractivity contribution >= 4 is 15.7 Å². The van der Waals surface area contributed by atoms with Crippen molar-refractivity contribution < 1.29 is 13.2 Å². The third kappa shape index (κ3) is 4.89. The van der Waals surface area contributed by atoms with Crippen molar-refractivity contribution in [2.45, 2.75) is 32.7 Å². The van der Waals surface area contributed by atoms with Crippen LogP contribution >= 0.6 is 0 Å². The van der Waals surface area contributed by atoms with Crippen molar-refractivity contribution in [2.24, 2.45) is 5.92 Å². The molecule has 1 fully saturated rings. The molecule has 21 heavy (non-hydrogen) atoms. The van der Waals surface area contributed by atoms with Gasteiger partial charge in [-0.25, -0.2) is 8.42 Å². The molecule has 0 bridgehead atoms. The predicted octanol–water partition coefficient (Wildman–Crippen LogP) is 2.10. The van der Waals surface area contributed by atoms with E-state index in [0.717, 1.165) is 12.8 Å². The van der Waals surface area contributed by atoms with Crippen molar-refractivity contribution in [3.8, 4) is 5.75 Å². The van der Waals surface area contributed by atoms with E-state index >= 15 is 0 Å². The molecule has 0 amide bonds. The molecule has 1 saturated carbocycles. The lowest BCUT2D eigenvalue weighted by Crippen LogP contribution is -2.41. The fourth-order valence-corrected chi connectivity index (χ4v) is 3.76. The first-order chi connectivity index (χ1) is 9.88. The zero-order valence-electron chi connectivity index (χ0n) is 12.7. The quantitative estimate of drug-likeness (QED) is 0.746. The van der Waals surface area contributed by atoms with Crippen LogP contribution in [0.25, 0.3) is 0 Å². The standard InChI is InChI=1S/C15H24N2O3S/c1-12(2)17(11-13-3-4-13)21(18,19)10-9-20-15-7-5-14(16)6-8-15/h5-8,12-13H,3-4,9-11,16H2,1-2H3. The summed E-state index contributed by atoms with van der Waals surface area (Å²) in [6.45, 7) is 4.63. The summed E-state index contributed by atoms with van der Waals surface area (Å²) < 4.78 is 31.9. The van der Waals surface area contributed by atoms with Crippen molar-refractivity contribution in [3.63, 3.8) is 0 Å². The minimum Gasteiger partial charge on any atom is -0.492 e. The molecule has 2 rings (SSSR count). The lowest BCUT2D eigenvalue weighted by Gasteiger charge is -2.25. The summed E-state index contributed by atoms with van der Waals surface area (Å²) in [5, 5.41) is 0. The highest BCUT2D eigenvalue weighted by Crippen LogP contribution is 2.31. The summed E-state index contributed by atoms with van der Waals surface area (Å²) in [5.41, 5.74) is 6.25. The van der Waals surface area contributed by atoms with Gasteiger partial charge in [-0.3, -0.25) is 0 Å². The van der Waals surface area contributed by atoms with Gasteiger partial charge in [0.1, 0.15) is 12.4 Å². The Balaban J connectivity index is 1.88. The van der Waals surface area contributed by atoms with Crippen LogP contribution in [0.1, 0.15) is 26.7 Å². The number of hydrogen-bond donors (Lipinski definition) is 1.